The van der Waals surface area contributed by atoms with Crippen molar-refractivity contribution >= 4 is 17.6 Å². The minimum absolute atomic E-state index is 0.0610. The lowest BCUT2D eigenvalue weighted by molar-refractivity contribution is -0.527. The fourth-order valence-electron chi connectivity index (χ4n) is 4.25. The van der Waals surface area contributed by atoms with E-state index in [1.165, 1.54) is 24.3 Å². The number of hydrogen-bond donors (Lipinski definition) is 1. The maximum Gasteiger partial charge on any atom is 0.339 e. The lowest BCUT2D eigenvalue weighted by atomic mass is 9.77. The molecule has 2 aromatic rings. The average molecular weight is 457 g/mol. The van der Waals surface area contributed by atoms with E-state index >= 15 is 0 Å². The zero-order chi connectivity index (χ0) is 24.2. The number of ether oxygens (including phenoxy) is 2. The highest BCUT2D eigenvalue weighted by atomic mass is 16.6. The Labute approximate surface area is 189 Å². The van der Waals surface area contributed by atoms with Gasteiger partial charge in [0.2, 0.25) is 11.6 Å². The van der Waals surface area contributed by atoms with Crippen molar-refractivity contribution in [2.24, 2.45) is 0 Å². The van der Waals surface area contributed by atoms with E-state index in [0.29, 0.717) is 11.1 Å². The number of carbonyl (C=O) groups is 2. The van der Waals surface area contributed by atoms with Crippen LogP contribution in [0, 0.1) is 20.2 Å². The van der Waals surface area contributed by atoms with Crippen molar-refractivity contribution in [1.82, 2.24) is 5.32 Å². The SMILES string of the molecule is CCOC(=O)C1(C(=O)OCC)N[C@H](c2ccc([N+](=O)[O-])cc2)[C@@H]([N+](=O)[O-])[C@@H]1c1ccccc1. The molecular weight excluding hydrogens is 434 g/mol. The third kappa shape index (κ3) is 4.27. The number of rotatable bonds is 8. The lowest BCUT2D eigenvalue weighted by Crippen LogP contribution is -2.60. The van der Waals surface area contributed by atoms with Crippen LogP contribution in [0.25, 0.3) is 0 Å². The summed E-state index contributed by atoms with van der Waals surface area (Å²) in [7, 11) is 0. The van der Waals surface area contributed by atoms with E-state index in [0.717, 1.165) is 0 Å². The highest BCUT2D eigenvalue weighted by molar-refractivity contribution is 6.07. The quantitative estimate of drug-likeness (QED) is 0.273. The number of hydrogen-bond acceptors (Lipinski definition) is 9. The molecule has 0 saturated carbocycles. The van der Waals surface area contributed by atoms with E-state index in [-0.39, 0.29) is 18.9 Å². The van der Waals surface area contributed by atoms with Gasteiger partial charge in [-0.05, 0) is 25.0 Å². The Morgan fingerprint density at radius 1 is 0.909 bits per heavy atom. The first-order valence-electron chi connectivity index (χ1n) is 10.3. The molecule has 1 aliphatic heterocycles. The Hall–Kier alpha value is -3.86. The minimum atomic E-state index is -2.20. The summed E-state index contributed by atoms with van der Waals surface area (Å²) >= 11 is 0. The largest absolute Gasteiger partial charge is 0.464 e. The number of esters is 2. The highest BCUT2D eigenvalue weighted by Crippen LogP contribution is 2.47. The zero-order valence-electron chi connectivity index (χ0n) is 18.0. The molecule has 3 atom stereocenters. The van der Waals surface area contributed by atoms with E-state index in [9.17, 15) is 29.8 Å². The second-order valence-corrected chi connectivity index (χ2v) is 7.38. The van der Waals surface area contributed by atoms with Gasteiger partial charge in [-0.25, -0.2) is 9.59 Å². The molecule has 1 heterocycles. The molecule has 0 radical (unpaired) electrons. The normalized spacial score (nSPS) is 21.2. The molecule has 1 N–H and O–H groups in total. The average Bonchev–Trinajstić information content (AvgIpc) is 3.18. The molecule has 1 fully saturated rings. The molecule has 0 aliphatic carbocycles. The lowest BCUT2D eigenvalue weighted by Gasteiger charge is -2.30. The van der Waals surface area contributed by atoms with E-state index < -0.39 is 45.3 Å². The number of nitrogens with one attached hydrogen (secondary N) is 1. The topological polar surface area (TPSA) is 151 Å². The summed E-state index contributed by atoms with van der Waals surface area (Å²) in [6.45, 7) is 2.99. The molecule has 0 bridgehead atoms. The van der Waals surface area contributed by atoms with Gasteiger partial charge in [0, 0.05) is 17.1 Å². The summed E-state index contributed by atoms with van der Waals surface area (Å²) in [6.07, 6.45) is 0. The van der Waals surface area contributed by atoms with Crippen LogP contribution in [0.15, 0.2) is 54.6 Å². The van der Waals surface area contributed by atoms with Gasteiger partial charge in [-0.3, -0.25) is 25.5 Å². The molecule has 0 amide bonds. The molecule has 2 aromatic carbocycles. The number of nitrogens with zero attached hydrogens (tertiary/aromatic N) is 2. The Morgan fingerprint density at radius 2 is 1.45 bits per heavy atom. The fraction of sp³-hybridized carbons (Fsp3) is 0.364. The Morgan fingerprint density at radius 3 is 1.91 bits per heavy atom. The smallest absolute Gasteiger partial charge is 0.339 e. The number of non-ortho nitro benzene ring substituents is 1. The molecule has 0 spiro atoms. The van der Waals surface area contributed by atoms with Gasteiger partial charge >= 0.3 is 11.9 Å². The van der Waals surface area contributed by atoms with Crippen LogP contribution in [0.4, 0.5) is 5.69 Å². The predicted octanol–water partition coefficient (Wildman–Crippen LogP) is 2.53. The van der Waals surface area contributed by atoms with Gasteiger partial charge in [0.05, 0.1) is 24.1 Å². The van der Waals surface area contributed by atoms with Crippen LogP contribution >= 0.6 is 0 Å². The first-order valence-corrected chi connectivity index (χ1v) is 10.3. The third-order valence-electron chi connectivity index (χ3n) is 5.59. The van der Waals surface area contributed by atoms with Crippen molar-refractivity contribution in [2.45, 2.75) is 37.4 Å². The summed E-state index contributed by atoms with van der Waals surface area (Å²) in [5.74, 6) is -3.26. The van der Waals surface area contributed by atoms with Gasteiger partial charge in [0.25, 0.3) is 5.69 Å². The number of nitro groups is 2. The third-order valence-corrected chi connectivity index (χ3v) is 5.59. The van der Waals surface area contributed by atoms with Crippen molar-refractivity contribution in [3.63, 3.8) is 0 Å². The molecular formula is C22H23N3O8. The van der Waals surface area contributed by atoms with Crippen molar-refractivity contribution in [3.05, 3.63) is 86.0 Å². The van der Waals surface area contributed by atoms with Gasteiger partial charge in [-0.2, -0.15) is 0 Å². The summed E-state index contributed by atoms with van der Waals surface area (Å²) < 4.78 is 10.4. The fourth-order valence-corrected chi connectivity index (χ4v) is 4.25. The number of benzene rings is 2. The summed E-state index contributed by atoms with van der Waals surface area (Å²) in [5.41, 5.74) is -1.72. The first kappa shape index (κ1) is 23.8. The molecule has 0 unspecified atom stereocenters. The molecule has 1 aliphatic rings. The minimum Gasteiger partial charge on any atom is -0.464 e. The van der Waals surface area contributed by atoms with Crippen molar-refractivity contribution in [2.75, 3.05) is 13.2 Å². The molecule has 33 heavy (non-hydrogen) atoms. The van der Waals surface area contributed by atoms with E-state index in [2.05, 4.69) is 5.32 Å². The maximum atomic E-state index is 13.3. The van der Waals surface area contributed by atoms with Crippen LogP contribution in [-0.2, 0) is 19.1 Å². The maximum absolute atomic E-state index is 13.3. The van der Waals surface area contributed by atoms with E-state index in [1.54, 1.807) is 44.2 Å². The molecule has 3 rings (SSSR count). The van der Waals surface area contributed by atoms with Crippen molar-refractivity contribution in [1.29, 1.82) is 0 Å². The highest BCUT2D eigenvalue weighted by Gasteiger charge is 2.69. The van der Waals surface area contributed by atoms with Crippen LogP contribution < -0.4 is 5.32 Å². The molecule has 0 aromatic heterocycles. The first-order chi connectivity index (χ1) is 15.8. The number of nitro benzene ring substituents is 1. The summed E-state index contributed by atoms with van der Waals surface area (Å²) in [6, 6.07) is 10.7. The van der Waals surface area contributed by atoms with Crippen LogP contribution in [0.1, 0.15) is 36.9 Å². The van der Waals surface area contributed by atoms with Crippen LogP contribution in [0.2, 0.25) is 0 Å². The second kappa shape index (κ2) is 9.74. The number of carbonyl (C=O) groups excluding carboxylic acids is 2. The molecule has 11 nitrogen and oxygen atoms in total. The predicted molar refractivity (Wildman–Crippen MR) is 115 cm³/mol. The monoisotopic (exact) mass is 457 g/mol. The van der Waals surface area contributed by atoms with Crippen LogP contribution in [0.5, 0.6) is 0 Å². The van der Waals surface area contributed by atoms with Gasteiger partial charge in [0.1, 0.15) is 6.04 Å². The zero-order valence-corrected chi connectivity index (χ0v) is 18.0. The molecule has 11 heteroatoms. The standard InChI is InChI=1S/C22H23N3O8/c1-3-32-20(26)22(21(27)33-4-2)17(14-8-6-5-7-9-14)19(25(30)31)18(23-22)15-10-12-16(13-11-15)24(28)29/h5-13,17-19,23H,3-4H2,1-2H3/t17-,18+,19-/m0/s1. The Balaban J connectivity index is 2.25. The van der Waals surface area contributed by atoms with E-state index in [4.69, 9.17) is 9.47 Å². The molecule has 174 valence electrons. The summed E-state index contributed by atoms with van der Waals surface area (Å²) in [4.78, 5) is 48.7. The summed E-state index contributed by atoms with van der Waals surface area (Å²) in [5, 5.41) is 26.2. The van der Waals surface area contributed by atoms with Gasteiger partial charge in [-0.1, -0.05) is 42.5 Å². The van der Waals surface area contributed by atoms with Crippen LogP contribution in [0.3, 0.4) is 0 Å². The van der Waals surface area contributed by atoms with E-state index in [1.807, 2.05) is 0 Å². The van der Waals surface area contributed by atoms with Gasteiger partial charge in [-0.15, -0.1) is 0 Å². The van der Waals surface area contributed by atoms with Gasteiger partial charge < -0.3 is 9.47 Å². The second-order valence-electron chi connectivity index (χ2n) is 7.38. The Kier molecular flexibility index (Phi) is 7.02. The molecule has 1 saturated heterocycles. The Bertz CT molecular complexity index is 1020. The van der Waals surface area contributed by atoms with Crippen molar-refractivity contribution < 1.29 is 28.9 Å². The van der Waals surface area contributed by atoms with Crippen LogP contribution in [-0.4, -0.2) is 46.6 Å². The van der Waals surface area contributed by atoms with Gasteiger partial charge in [0.15, 0.2) is 0 Å². The van der Waals surface area contributed by atoms with Crippen molar-refractivity contribution in [3.8, 4) is 0 Å².